The molecule has 0 aromatic heterocycles. The summed E-state index contributed by atoms with van der Waals surface area (Å²) in [6, 6.07) is 9.93. The number of nitrogens with two attached hydrogens (primary N) is 1. The zero-order valence-corrected chi connectivity index (χ0v) is 12.9. The fraction of sp³-hybridized carbons (Fsp3) is 0.133. The summed E-state index contributed by atoms with van der Waals surface area (Å²) >= 11 is 0. The Morgan fingerprint density at radius 2 is 1.73 bits per heavy atom. The molecule has 2 N–H and O–H groups in total. The van der Waals surface area contributed by atoms with E-state index in [9.17, 15) is 13.2 Å². The molecule has 0 atom stereocenters. The molecule has 2 rings (SSSR count). The fourth-order valence-electron chi connectivity index (χ4n) is 1.79. The quantitative estimate of drug-likeness (QED) is 0.515. The summed E-state index contributed by atoms with van der Waals surface area (Å²) in [5.41, 5.74) is 6.11. The van der Waals surface area contributed by atoms with Crippen molar-refractivity contribution in [2.24, 2.45) is 0 Å². The highest BCUT2D eigenvalue weighted by atomic mass is 32.2. The van der Waals surface area contributed by atoms with Crippen molar-refractivity contribution in [3.63, 3.8) is 0 Å². The van der Waals surface area contributed by atoms with Gasteiger partial charge in [0.2, 0.25) is 0 Å². The average Bonchev–Trinajstić information content (AvgIpc) is 2.46. The van der Waals surface area contributed by atoms with Crippen LogP contribution in [0.1, 0.15) is 17.3 Å². The Kier molecular flexibility index (Phi) is 4.37. The molecule has 7 heteroatoms. The highest BCUT2D eigenvalue weighted by molar-refractivity contribution is 7.87. The van der Waals surface area contributed by atoms with Crippen molar-refractivity contribution in [1.82, 2.24) is 0 Å². The fourth-order valence-corrected chi connectivity index (χ4v) is 2.73. The Hall–Kier alpha value is -2.54. The lowest BCUT2D eigenvalue weighted by atomic mass is 10.1. The number of anilines is 1. The van der Waals surface area contributed by atoms with E-state index >= 15 is 0 Å². The Morgan fingerprint density at radius 1 is 1.09 bits per heavy atom. The number of carbonyl (C=O) groups excluding carboxylic acids is 1. The van der Waals surface area contributed by atoms with Gasteiger partial charge in [0.05, 0.1) is 12.7 Å². The molecule has 0 aliphatic heterocycles. The number of hydrogen-bond acceptors (Lipinski definition) is 6. The van der Waals surface area contributed by atoms with E-state index in [0.29, 0.717) is 11.4 Å². The minimum atomic E-state index is -4.07. The third kappa shape index (κ3) is 3.37. The van der Waals surface area contributed by atoms with Crippen molar-refractivity contribution >= 4 is 21.6 Å². The third-order valence-electron chi connectivity index (χ3n) is 2.94. The number of ether oxygens (including phenoxy) is 1. The molecule has 0 unspecified atom stereocenters. The van der Waals surface area contributed by atoms with Crippen molar-refractivity contribution in [2.75, 3.05) is 12.8 Å². The van der Waals surface area contributed by atoms with Gasteiger partial charge in [-0.2, -0.15) is 8.42 Å². The van der Waals surface area contributed by atoms with E-state index < -0.39 is 10.1 Å². The molecule has 6 nitrogen and oxygen atoms in total. The molecule has 0 fully saturated rings. The molecule has 2 aromatic rings. The summed E-state index contributed by atoms with van der Waals surface area (Å²) < 4.78 is 34.7. The van der Waals surface area contributed by atoms with Gasteiger partial charge in [-0.3, -0.25) is 4.79 Å². The second-order valence-corrected chi connectivity index (χ2v) is 6.07. The smallest absolute Gasteiger partial charge is 0.339 e. The first-order chi connectivity index (χ1) is 10.3. The van der Waals surface area contributed by atoms with Gasteiger partial charge in [0.1, 0.15) is 10.6 Å². The van der Waals surface area contributed by atoms with E-state index in [1.165, 1.54) is 50.4 Å². The predicted octanol–water partition coefficient (Wildman–Crippen LogP) is 2.25. The Labute approximate surface area is 128 Å². The number of benzene rings is 2. The summed E-state index contributed by atoms with van der Waals surface area (Å²) in [5, 5.41) is 0. The molecule has 116 valence electrons. The molecule has 2 aromatic carbocycles. The van der Waals surface area contributed by atoms with E-state index in [-0.39, 0.29) is 22.0 Å². The van der Waals surface area contributed by atoms with Crippen molar-refractivity contribution in [1.29, 1.82) is 0 Å². The van der Waals surface area contributed by atoms with E-state index in [2.05, 4.69) is 0 Å². The molecule has 0 aliphatic rings. The first-order valence-corrected chi connectivity index (χ1v) is 7.73. The van der Waals surface area contributed by atoms with Crippen LogP contribution in [0, 0.1) is 0 Å². The van der Waals surface area contributed by atoms with E-state index in [0.717, 1.165) is 0 Å². The van der Waals surface area contributed by atoms with Gasteiger partial charge in [-0.25, -0.2) is 0 Å². The summed E-state index contributed by atoms with van der Waals surface area (Å²) in [6.45, 7) is 1.32. The Balaban J connectivity index is 2.44. The molecule has 0 aliphatic carbocycles. The van der Waals surface area contributed by atoms with Crippen LogP contribution in [0.15, 0.2) is 47.4 Å². The lowest BCUT2D eigenvalue weighted by Crippen LogP contribution is -2.12. The summed E-state index contributed by atoms with van der Waals surface area (Å²) in [7, 11) is -2.64. The second-order valence-electron chi connectivity index (χ2n) is 4.52. The number of nitrogen functional groups attached to an aromatic ring is 1. The molecule has 0 amide bonds. The molecule has 0 spiro atoms. The Morgan fingerprint density at radius 3 is 2.27 bits per heavy atom. The van der Waals surface area contributed by atoms with Crippen LogP contribution in [0.2, 0.25) is 0 Å². The van der Waals surface area contributed by atoms with Crippen LogP contribution in [0.5, 0.6) is 11.5 Å². The lowest BCUT2D eigenvalue weighted by molar-refractivity contribution is 0.101. The largest absolute Gasteiger partial charge is 0.497 e. The predicted molar refractivity (Wildman–Crippen MR) is 81.7 cm³/mol. The van der Waals surface area contributed by atoms with Crippen LogP contribution >= 0.6 is 0 Å². The van der Waals surface area contributed by atoms with Crippen LogP contribution in [-0.4, -0.2) is 21.3 Å². The van der Waals surface area contributed by atoms with Gasteiger partial charge in [-0.1, -0.05) is 0 Å². The maximum atomic E-state index is 12.3. The molecule has 22 heavy (non-hydrogen) atoms. The molecule has 0 bridgehead atoms. The van der Waals surface area contributed by atoms with E-state index in [1.807, 2.05) is 0 Å². The zero-order valence-electron chi connectivity index (χ0n) is 12.1. The van der Waals surface area contributed by atoms with E-state index in [4.69, 9.17) is 14.7 Å². The standard InChI is InChI=1S/C15H15NO5S/c1-10(17)14-8-5-12(20-2)9-15(14)21-22(18,19)13-6-3-11(16)4-7-13/h3-9H,16H2,1-2H3. The van der Waals surface area contributed by atoms with Crippen molar-refractivity contribution in [2.45, 2.75) is 11.8 Å². The number of hydrogen-bond donors (Lipinski definition) is 1. The number of rotatable bonds is 5. The number of ketones is 1. The van der Waals surface area contributed by atoms with Crippen LogP contribution in [0.4, 0.5) is 5.69 Å². The number of Topliss-reactive ketones (excluding diaryl/α,β-unsaturated/α-hetero) is 1. The summed E-state index contributed by atoms with van der Waals surface area (Å²) in [4.78, 5) is 11.5. The van der Waals surface area contributed by atoms with Gasteiger partial charge in [0.15, 0.2) is 11.5 Å². The minimum Gasteiger partial charge on any atom is -0.497 e. The van der Waals surface area contributed by atoms with Crippen molar-refractivity contribution < 1.29 is 22.1 Å². The highest BCUT2D eigenvalue weighted by Gasteiger charge is 2.20. The SMILES string of the molecule is COc1ccc(C(C)=O)c(OS(=O)(=O)c2ccc(N)cc2)c1. The molecular weight excluding hydrogens is 306 g/mol. The van der Waals surface area contributed by atoms with Gasteiger partial charge in [0.25, 0.3) is 0 Å². The van der Waals surface area contributed by atoms with Crippen molar-refractivity contribution in [3.8, 4) is 11.5 Å². The van der Waals surface area contributed by atoms with Crippen LogP contribution in [0.25, 0.3) is 0 Å². The monoisotopic (exact) mass is 321 g/mol. The molecule has 0 saturated heterocycles. The van der Waals surface area contributed by atoms with E-state index in [1.54, 1.807) is 6.07 Å². The van der Waals surface area contributed by atoms with Gasteiger partial charge >= 0.3 is 10.1 Å². The van der Waals surface area contributed by atoms with Crippen LogP contribution in [-0.2, 0) is 10.1 Å². The Bertz CT molecular complexity index is 797. The maximum Gasteiger partial charge on any atom is 0.339 e. The molecule has 0 saturated carbocycles. The molecular formula is C15H15NO5S. The van der Waals surface area contributed by atoms with Crippen molar-refractivity contribution in [3.05, 3.63) is 48.0 Å². The van der Waals surface area contributed by atoms with Gasteiger partial charge in [0, 0.05) is 11.8 Å². The number of carbonyl (C=O) groups is 1. The molecule has 0 heterocycles. The number of methoxy groups -OCH3 is 1. The highest BCUT2D eigenvalue weighted by Crippen LogP contribution is 2.28. The lowest BCUT2D eigenvalue weighted by Gasteiger charge is -2.11. The van der Waals surface area contributed by atoms with Gasteiger partial charge in [-0.05, 0) is 43.3 Å². The van der Waals surface area contributed by atoms with Gasteiger partial charge < -0.3 is 14.7 Å². The zero-order chi connectivity index (χ0) is 16.3. The second kappa shape index (κ2) is 6.07. The third-order valence-corrected chi connectivity index (χ3v) is 4.18. The normalized spacial score (nSPS) is 11.0. The topological polar surface area (TPSA) is 95.7 Å². The van der Waals surface area contributed by atoms with Gasteiger partial charge in [-0.15, -0.1) is 0 Å². The average molecular weight is 321 g/mol. The summed E-state index contributed by atoms with van der Waals surface area (Å²) in [5.74, 6) is -0.0126. The molecule has 0 radical (unpaired) electrons. The first kappa shape index (κ1) is 15.8. The summed E-state index contributed by atoms with van der Waals surface area (Å²) in [6.07, 6.45) is 0. The minimum absolute atomic E-state index is 0.0565. The van der Waals surface area contributed by atoms with Crippen LogP contribution < -0.4 is 14.7 Å². The maximum absolute atomic E-state index is 12.3. The first-order valence-electron chi connectivity index (χ1n) is 6.32. The van der Waals surface area contributed by atoms with Crippen LogP contribution in [0.3, 0.4) is 0 Å².